The Morgan fingerprint density at radius 3 is 2.88 bits per heavy atom. The second-order valence-electron chi connectivity index (χ2n) is 6.18. The predicted molar refractivity (Wildman–Crippen MR) is 89.2 cm³/mol. The summed E-state index contributed by atoms with van der Waals surface area (Å²) in [6.45, 7) is 0. The third-order valence-electron chi connectivity index (χ3n) is 4.51. The lowest BCUT2D eigenvalue weighted by Crippen LogP contribution is -2.31. The highest BCUT2D eigenvalue weighted by atomic mass is 16.3. The highest BCUT2D eigenvalue weighted by Gasteiger charge is 2.46. The predicted octanol–water partition coefficient (Wildman–Crippen LogP) is 3.21. The Morgan fingerprint density at radius 1 is 1.29 bits per heavy atom. The zero-order valence-electron chi connectivity index (χ0n) is 13.2. The summed E-state index contributed by atoms with van der Waals surface area (Å²) in [5.41, 5.74) is 1.08. The minimum atomic E-state index is -0.0947. The van der Waals surface area contributed by atoms with Crippen LogP contribution >= 0.6 is 0 Å². The molecule has 0 unspecified atom stereocenters. The first-order chi connectivity index (χ1) is 11.8. The maximum Gasteiger partial charge on any atom is 0.224 e. The molecule has 0 saturated heterocycles. The lowest BCUT2D eigenvalue weighted by atomic mass is 10.0. The number of nitrogens with one attached hydrogen (secondary N) is 2. The van der Waals surface area contributed by atoms with Gasteiger partial charge in [0.05, 0.1) is 12.3 Å². The SMILES string of the molecule is O=C(N[C@H](Cc1ncc[nH]1)c1ccccc1)[C@@H]1C[C@@H]1c1ccco1. The molecule has 1 aliphatic rings. The summed E-state index contributed by atoms with van der Waals surface area (Å²) in [4.78, 5) is 20.0. The molecule has 0 spiro atoms. The van der Waals surface area contributed by atoms with Crippen LogP contribution in [0.4, 0.5) is 0 Å². The van der Waals surface area contributed by atoms with Gasteiger partial charge in [0.1, 0.15) is 11.6 Å². The smallest absolute Gasteiger partial charge is 0.224 e. The van der Waals surface area contributed by atoms with Crippen LogP contribution in [0.2, 0.25) is 0 Å². The summed E-state index contributed by atoms with van der Waals surface area (Å²) < 4.78 is 5.42. The molecule has 3 aromatic rings. The van der Waals surface area contributed by atoms with Gasteiger partial charge in [-0.2, -0.15) is 0 Å². The molecule has 24 heavy (non-hydrogen) atoms. The van der Waals surface area contributed by atoms with Crippen molar-refractivity contribution in [1.82, 2.24) is 15.3 Å². The molecule has 5 nitrogen and oxygen atoms in total. The Bertz CT molecular complexity index is 781. The zero-order valence-corrected chi connectivity index (χ0v) is 13.2. The number of rotatable bonds is 6. The van der Waals surface area contributed by atoms with Gasteiger partial charge in [-0.15, -0.1) is 0 Å². The number of carbonyl (C=O) groups is 1. The molecule has 0 radical (unpaired) electrons. The van der Waals surface area contributed by atoms with Gasteiger partial charge in [-0.25, -0.2) is 4.98 Å². The number of furan rings is 1. The summed E-state index contributed by atoms with van der Waals surface area (Å²) in [6, 6.07) is 13.7. The first-order valence-corrected chi connectivity index (χ1v) is 8.18. The first-order valence-electron chi connectivity index (χ1n) is 8.18. The van der Waals surface area contributed by atoms with E-state index in [1.807, 2.05) is 42.5 Å². The molecule has 1 aromatic carbocycles. The fraction of sp³-hybridized carbons (Fsp3) is 0.263. The van der Waals surface area contributed by atoms with E-state index in [0.717, 1.165) is 23.6 Å². The molecule has 4 rings (SSSR count). The van der Waals surface area contributed by atoms with Gasteiger partial charge in [-0.3, -0.25) is 4.79 Å². The van der Waals surface area contributed by atoms with E-state index >= 15 is 0 Å². The number of aromatic nitrogens is 2. The molecule has 0 bridgehead atoms. The topological polar surface area (TPSA) is 70.9 Å². The number of H-pyrrole nitrogens is 1. The van der Waals surface area contributed by atoms with Gasteiger partial charge < -0.3 is 14.7 Å². The van der Waals surface area contributed by atoms with E-state index in [-0.39, 0.29) is 23.8 Å². The van der Waals surface area contributed by atoms with Crippen LogP contribution in [0.25, 0.3) is 0 Å². The minimum absolute atomic E-state index is 0.000960. The number of amides is 1. The van der Waals surface area contributed by atoms with Gasteiger partial charge in [0.15, 0.2) is 0 Å². The van der Waals surface area contributed by atoms with Crippen molar-refractivity contribution in [3.05, 3.63) is 78.3 Å². The second kappa shape index (κ2) is 6.35. The highest BCUT2D eigenvalue weighted by molar-refractivity contribution is 5.83. The third kappa shape index (κ3) is 3.11. The van der Waals surface area contributed by atoms with E-state index < -0.39 is 0 Å². The van der Waals surface area contributed by atoms with Crippen molar-refractivity contribution in [3.8, 4) is 0 Å². The Morgan fingerprint density at radius 2 is 2.17 bits per heavy atom. The maximum atomic E-state index is 12.6. The number of aromatic amines is 1. The Balaban J connectivity index is 1.47. The zero-order chi connectivity index (χ0) is 16.4. The van der Waals surface area contributed by atoms with E-state index in [0.29, 0.717) is 6.42 Å². The van der Waals surface area contributed by atoms with E-state index in [1.54, 1.807) is 18.7 Å². The van der Waals surface area contributed by atoms with Crippen molar-refractivity contribution in [1.29, 1.82) is 0 Å². The molecule has 1 fully saturated rings. The van der Waals surface area contributed by atoms with Crippen LogP contribution < -0.4 is 5.32 Å². The Labute approximate surface area is 140 Å². The second-order valence-corrected chi connectivity index (χ2v) is 6.18. The number of hydrogen-bond donors (Lipinski definition) is 2. The summed E-state index contributed by atoms with van der Waals surface area (Å²) in [5.74, 6) is 2.05. The van der Waals surface area contributed by atoms with Crippen molar-refractivity contribution in [2.75, 3.05) is 0 Å². The summed E-state index contributed by atoms with van der Waals surface area (Å²) in [5, 5.41) is 3.18. The molecule has 2 heterocycles. The largest absolute Gasteiger partial charge is 0.469 e. The lowest BCUT2D eigenvalue weighted by molar-refractivity contribution is -0.123. The molecular weight excluding hydrogens is 302 g/mol. The fourth-order valence-corrected chi connectivity index (χ4v) is 3.12. The molecule has 2 aromatic heterocycles. The maximum absolute atomic E-state index is 12.6. The monoisotopic (exact) mass is 321 g/mol. The van der Waals surface area contributed by atoms with Crippen LogP contribution in [0.5, 0.6) is 0 Å². The molecule has 2 N–H and O–H groups in total. The lowest BCUT2D eigenvalue weighted by Gasteiger charge is -2.18. The number of carbonyl (C=O) groups excluding carboxylic acids is 1. The van der Waals surface area contributed by atoms with Crippen LogP contribution in [0, 0.1) is 5.92 Å². The molecule has 122 valence electrons. The van der Waals surface area contributed by atoms with Crippen molar-refractivity contribution in [2.45, 2.75) is 24.8 Å². The quantitative estimate of drug-likeness (QED) is 0.732. The average Bonchev–Trinajstić information content (AvgIpc) is 3.02. The highest BCUT2D eigenvalue weighted by Crippen LogP contribution is 2.47. The molecule has 1 aliphatic carbocycles. The van der Waals surface area contributed by atoms with E-state index in [9.17, 15) is 4.79 Å². The van der Waals surface area contributed by atoms with Crippen LogP contribution in [-0.4, -0.2) is 15.9 Å². The molecule has 3 atom stereocenters. The number of imidazole rings is 1. The van der Waals surface area contributed by atoms with E-state index in [2.05, 4.69) is 15.3 Å². The van der Waals surface area contributed by atoms with Crippen molar-refractivity contribution >= 4 is 5.91 Å². The van der Waals surface area contributed by atoms with Gasteiger partial charge in [-0.05, 0) is 24.1 Å². The number of benzene rings is 1. The Kier molecular flexibility index (Phi) is 3.91. The van der Waals surface area contributed by atoms with Gasteiger partial charge in [0.2, 0.25) is 5.91 Å². The van der Waals surface area contributed by atoms with Crippen molar-refractivity contribution in [3.63, 3.8) is 0 Å². The normalized spacial score (nSPS) is 20.5. The molecule has 1 amide bonds. The van der Waals surface area contributed by atoms with Gasteiger partial charge in [0.25, 0.3) is 0 Å². The fourth-order valence-electron chi connectivity index (χ4n) is 3.12. The van der Waals surface area contributed by atoms with Crippen molar-refractivity contribution < 1.29 is 9.21 Å². The summed E-state index contributed by atoms with van der Waals surface area (Å²) >= 11 is 0. The van der Waals surface area contributed by atoms with E-state index in [4.69, 9.17) is 4.42 Å². The average molecular weight is 321 g/mol. The molecule has 0 aliphatic heterocycles. The summed E-state index contributed by atoms with van der Waals surface area (Å²) in [7, 11) is 0. The van der Waals surface area contributed by atoms with Crippen LogP contribution in [0.15, 0.2) is 65.5 Å². The van der Waals surface area contributed by atoms with Gasteiger partial charge in [0, 0.05) is 30.7 Å². The minimum Gasteiger partial charge on any atom is -0.469 e. The Hall–Kier alpha value is -2.82. The first kappa shape index (κ1) is 14.8. The molecular formula is C19H19N3O2. The van der Waals surface area contributed by atoms with Gasteiger partial charge in [-0.1, -0.05) is 30.3 Å². The molecule has 5 heteroatoms. The van der Waals surface area contributed by atoms with Crippen LogP contribution in [-0.2, 0) is 11.2 Å². The summed E-state index contributed by atoms with van der Waals surface area (Å²) in [6.07, 6.45) is 6.68. The van der Waals surface area contributed by atoms with Crippen molar-refractivity contribution in [2.24, 2.45) is 5.92 Å². The van der Waals surface area contributed by atoms with Crippen LogP contribution in [0.3, 0.4) is 0 Å². The number of hydrogen-bond acceptors (Lipinski definition) is 3. The van der Waals surface area contributed by atoms with E-state index in [1.165, 1.54) is 0 Å². The third-order valence-corrected chi connectivity index (χ3v) is 4.51. The van der Waals surface area contributed by atoms with Crippen LogP contribution in [0.1, 0.15) is 35.5 Å². The standard InChI is InChI=1S/C19H19N3O2/c23-19(15-11-14(15)17-7-4-10-24-17)22-16(12-18-20-8-9-21-18)13-5-2-1-3-6-13/h1-10,14-16H,11-12H2,(H,20,21)(H,22,23)/t14-,15+,16+/m0/s1. The molecule has 1 saturated carbocycles. The van der Waals surface area contributed by atoms with Gasteiger partial charge >= 0.3 is 0 Å². The number of nitrogens with zero attached hydrogens (tertiary/aromatic N) is 1.